The van der Waals surface area contributed by atoms with Gasteiger partial charge < -0.3 is 4.42 Å². The molecule has 2 heterocycles. The molecule has 0 saturated heterocycles. The fourth-order valence-corrected chi connectivity index (χ4v) is 5.74. The van der Waals surface area contributed by atoms with E-state index in [1.807, 2.05) is 11.8 Å². The van der Waals surface area contributed by atoms with Crippen molar-refractivity contribution in [3.8, 4) is 11.8 Å². The maximum Gasteiger partial charge on any atom is 0.181 e. The summed E-state index contributed by atoms with van der Waals surface area (Å²) in [7, 11) is 0. The van der Waals surface area contributed by atoms with E-state index in [1.54, 1.807) is 0 Å². The van der Waals surface area contributed by atoms with Crippen molar-refractivity contribution in [1.29, 1.82) is 0 Å². The second-order valence-electron chi connectivity index (χ2n) is 7.84. The third-order valence-electron chi connectivity index (χ3n) is 5.92. The molecule has 0 fully saturated rings. The van der Waals surface area contributed by atoms with Gasteiger partial charge in [-0.25, -0.2) is 0 Å². The molecule has 29 heavy (non-hydrogen) atoms. The van der Waals surface area contributed by atoms with Gasteiger partial charge in [-0.3, -0.25) is 4.99 Å². The maximum absolute atomic E-state index is 6.21. The number of furan rings is 1. The number of hydrogen-bond donors (Lipinski definition) is 0. The summed E-state index contributed by atoms with van der Waals surface area (Å²) >= 11 is 1.84. The van der Waals surface area contributed by atoms with Crippen molar-refractivity contribution in [2.24, 2.45) is 4.99 Å². The molecule has 140 valence electrons. The zero-order valence-electron chi connectivity index (χ0n) is 16.2. The van der Waals surface area contributed by atoms with Crippen LogP contribution in [0.25, 0.3) is 22.6 Å². The summed E-state index contributed by atoms with van der Waals surface area (Å²) in [5.41, 5.74) is 8.18. The second-order valence-corrected chi connectivity index (χ2v) is 8.97. The minimum Gasteiger partial charge on any atom is -0.447 e. The first-order valence-electron chi connectivity index (χ1n) is 9.95. The van der Waals surface area contributed by atoms with Crippen LogP contribution in [0.15, 0.2) is 58.5 Å². The minimum absolute atomic E-state index is 0.155. The van der Waals surface area contributed by atoms with Gasteiger partial charge in [-0.2, -0.15) is 0 Å². The van der Waals surface area contributed by atoms with E-state index in [4.69, 9.17) is 9.41 Å². The van der Waals surface area contributed by atoms with E-state index in [1.165, 1.54) is 27.6 Å². The summed E-state index contributed by atoms with van der Waals surface area (Å²) < 4.78 is 6.21. The molecule has 2 nitrogen and oxygen atoms in total. The van der Waals surface area contributed by atoms with Gasteiger partial charge in [0, 0.05) is 22.9 Å². The van der Waals surface area contributed by atoms with E-state index >= 15 is 0 Å². The van der Waals surface area contributed by atoms with Gasteiger partial charge in [0.05, 0.1) is 11.3 Å². The highest BCUT2D eigenvalue weighted by atomic mass is 32.2. The number of fused-ring (bicyclic) bond motifs is 6. The Labute approximate surface area is 174 Å². The van der Waals surface area contributed by atoms with Gasteiger partial charge in [-0.1, -0.05) is 66.3 Å². The van der Waals surface area contributed by atoms with Crippen LogP contribution < -0.4 is 0 Å². The molecule has 2 atom stereocenters. The number of rotatable bonds is 2. The first-order valence-corrected chi connectivity index (χ1v) is 10.8. The van der Waals surface area contributed by atoms with Crippen LogP contribution in [0.5, 0.6) is 0 Å². The molecular formula is C26H19NOS. The third-order valence-corrected chi connectivity index (χ3v) is 7.26. The van der Waals surface area contributed by atoms with Gasteiger partial charge in [0.1, 0.15) is 10.6 Å². The van der Waals surface area contributed by atoms with Crippen LogP contribution in [0.2, 0.25) is 0 Å². The van der Waals surface area contributed by atoms with Crippen LogP contribution in [-0.4, -0.2) is 11.1 Å². The van der Waals surface area contributed by atoms with E-state index in [9.17, 15) is 0 Å². The van der Waals surface area contributed by atoms with Crippen molar-refractivity contribution in [3.63, 3.8) is 0 Å². The first-order chi connectivity index (χ1) is 14.2. The lowest BCUT2D eigenvalue weighted by atomic mass is 9.91. The Morgan fingerprint density at radius 3 is 3.10 bits per heavy atom. The molecule has 0 radical (unpaired) electrons. The summed E-state index contributed by atoms with van der Waals surface area (Å²) in [5.74, 6) is 7.16. The number of aryl methyl sites for hydroxylation is 1. The molecule has 2 aromatic carbocycles. The summed E-state index contributed by atoms with van der Waals surface area (Å²) in [4.78, 5) is 5.08. The number of thioether (sulfide) groups is 1. The molecule has 0 saturated carbocycles. The molecule has 0 amide bonds. The van der Waals surface area contributed by atoms with E-state index in [0.29, 0.717) is 5.25 Å². The van der Waals surface area contributed by atoms with Crippen LogP contribution in [0.4, 0.5) is 0 Å². The normalized spacial score (nSPS) is 21.1. The minimum atomic E-state index is 0.155. The highest BCUT2D eigenvalue weighted by Gasteiger charge is 2.35. The molecule has 1 aliphatic heterocycles. The molecule has 6 rings (SSSR count). The quantitative estimate of drug-likeness (QED) is 0.471. The fourth-order valence-electron chi connectivity index (χ4n) is 4.41. The van der Waals surface area contributed by atoms with Crippen molar-refractivity contribution in [2.45, 2.75) is 31.1 Å². The highest BCUT2D eigenvalue weighted by molar-refractivity contribution is 8.15. The van der Waals surface area contributed by atoms with Gasteiger partial charge in [-0.15, -0.1) is 0 Å². The second kappa shape index (κ2) is 6.27. The maximum atomic E-state index is 6.21. The molecule has 2 unspecified atom stereocenters. The van der Waals surface area contributed by atoms with Crippen LogP contribution in [0.1, 0.15) is 52.2 Å². The van der Waals surface area contributed by atoms with E-state index in [0.717, 1.165) is 40.4 Å². The number of benzene rings is 2. The Balaban J connectivity index is 1.44. The number of allylic oxidation sites excluding steroid dienone is 1. The number of aliphatic imine (C=N–C) groups is 1. The molecule has 0 N–H and O–H groups in total. The smallest absolute Gasteiger partial charge is 0.181 e. The third kappa shape index (κ3) is 2.56. The predicted molar refractivity (Wildman–Crippen MR) is 122 cm³/mol. The molecule has 3 aliphatic rings. The zero-order chi connectivity index (χ0) is 19.5. The largest absolute Gasteiger partial charge is 0.447 e. The topological polar surface area (TPSA) is 25.5 Å². The van der Waals surface area contributed by atoms with Crippen LogP contribution in [-0.2, 0) is 6.42 Å². The standard InChI is InChI=1S/C26H19NOS/c1-15(2)17-11-10-16-12-13-22-25(21(16)14-17)29-26(27-22)20-8-5-7-19-18-6-3-4-9-23(18)28-24(19)20/h5,7-8,10-14,22,25H,1,3,6H2,2H3. The van der Waals surface area contributed by atoms with E-state index in [2.05, 4.69) is 73.9 Å². The van der Waals surface area contributed by atoms with Crippen LogP contribution >= 0.6 is 11.8 Å². The molecule has 2 aliphatic carbocycles. The van der Waals surface area contributed by atoms with E-state index in [-0.39, 0.29) is 6.04 Å². The monoisotopic (exact) mass is 393 g/mol. The van der Waals surface area contributed by atoms with E-state index < -0.39 is 0 Å². The van der Waals surface area contributed by atoms with Crippen molar-refractivity contribution < 1.29 is 4.42 Å². The Morgan fingerprint density at radius 1 is 1.28 bits per heavy atom. The van der Waals surface area contributed by atoms with Gasteiger partial charge in [0.15, 0.2) is 5.76 Å². The summed E-state index contributed by atoms with van der Waals surface area (Å²) in [6, 6.07) is 13.2. The molecule has 0 bridgehead atoms. The Hall–Kier alpha value is -2.96. The highest BCUT2D eigenvalue weighted by Crippen LogP contribution is 2.48. The molecule has 1 aromatic heterocycles. The number of hydrogen-bond acceptors (Lipinski definition) is 3. The average molecular weight is 394 g/mol. The zero-order valence-corrected chi connectivity index (χ0v) is 17.0. The molecule has 3 aromatic rings. The number of nitrogens with zero attached hydrogens (tertiary/aromatic N) is 1. The van der Waals surface area contributed by atoms with Gasteiger partial charge in [0.25, 0.3) is 0 Å². The molecular weight excluding hydrogens is 374 g/mol. The number of para-hydroxylation sites is 1. The first kappa shape index (κ1) is 16.9. The van der Waals surface area contributed by atoms with Crippen LogP contribution in [0, 0.1) is 11.8 Å². The summed E-state index contributed by atoms with van der Waals surface area (Å²) in [5, 5.41) is 2.54. The Kier molecular flexibility index (Phi) is 3.66. The van der Waals surface area contributed by atoms with Crippen molar-refractivity contribution in [1.82, 2.24) is 0 Å². The lowest BCUT2D eigenvalue weighted by Gasteiger charge is -2.22. The van der Waals surface area contributed by atoms with Crippen molar-refractivity contribution >= 4 is 39.4 Å². The fraction of sp³-hybridized carbons (Fsp3) is 0.192. The lowest BCUT2D eigenvalue weighted by molar-refractivity contribution is 0.593. The van der Waals surface area contributed by atoms with Crippen molar-refractivity contribution in [3.05, 3.63) is 82.6 Å². The summed E-state index contributed by atoms with van der Waals surface area (Å²) in [6.45, 7) is 6.17. The average Bonchev–Trinajstić information content (AvgIpc) is 3.34. The van der Waals surface area contributed by atoms with Crippen molar-refractivity contribution in [2.75, 3.05) is 0 Å². The lowest BCUT2D eigenvalue weighted by Crippen LogP contribution is -2.12. The summed E-state index contributed by atoms with van der Waals surface area (Å²) in [6.07, 6.45) is 6.29. The molecule has 3 heteroatoms. The predicted octanol–water partition coefficient (Wildman–Crippen LogP) is 6.39. The van der Waals surface area contributed by atoms with Crippen LogP contribution in [0.3, 0.4) is 0 Å². The molecule has 0 spiro atoms. The SMILES string of the molecule is C=C(C)c1ccc2c(c1)C1SC(c3cccc4c5c(oc34)C#CCC5)=NC1C=C2. The Bertz CT molecular complexity index is 1330. The van der Waals surface area contributed by atoms with Gasteiger partial charge in [0.2, 0.25) is 0 Å². The van der Waals surface area contributed by atoms with Gasteiger partial charge in [-0.05, 0) is 48.1 Å². The van der Waals surface area contributed by atoms with Gasteiger partial charge >= 0.3 is 0 Å². The Morgan fingerprint density at radius 2 is 2.21 bits per heavy atom.